The number of nitrogens with zero attached hydrogens (tertiary/aromatic N) is 1. The Hall–Kier alpha value is -6.01. The van der Waals surface area contributed by atoms with Crippen LogP contribution < -0.4 is 15.1 Å². The van der Waals surface area contributed by atoms with Crippen LogP contribution in [0, 0.1) is 0 Å². The highest BCUT2D eigenvalue weighted by Crippen LogP contribution is 2.44. The molecule has 0 unspecified atom stereocenters. The standard InChI is InChI=1S/C47H53N3O8Si/c1-46(2,3)57-44(54)40(50-42(52)37-19-13-14-20-38(37)43(50)53)28-48-41(51)26-23-31(27-30-21-24-32(25-22-30)58-59(7,8)47(4,5)6)49-45(55)56-29-39-35-17-11-9-15-33(35)34-16-10-12-18-36(34)39/h9-26,31,39-40H,27-29H2,1-8H3,(H,48,51)(H,49,55)/b26-23+/t31-,40+/m1/s1. The monoisotopic (exact) mass is 815 g/mol. The van der Waals surface area contributed by atoms with Gasteiger partial charge in [0.15, 0.2) is 6.04 Å². The van der Waals surface area contributed by atoms with Crippen molar-refractivity contribution in [1.29, 1.82) is 0 Å². The number of hydrogen-bond donors (Lipinski definition) is 2. The first-order valence-corrected chi connectivity index (χ1v) is 22.8. The second-order valence-electron chi connectivity index (χ2n) is 17.5. The Morgan fingerprint density at radius 1 is 0.763 bits per heavy atom. The molecule has 4 aromatic carbocycles. The lowest BCUT2D eigenvalue weighted by Crippen LogP contribution is -2.52. The van der Waals surface area contributed by atoms with Gasteiger partial charge < -0.3 is 24.5 Å². The zero-order chi connectivity index (χ0) is 42.7. The number of imide groups is 1. The summed E-state index contributed by atoms with van der Waals surface area (Å²) < 4.78 is 17.9. The summed E-state index contributed by atoms with van der Waals surface area (Å²) in [6.07, 6.45) is 2.44. The Kier molecular flexibility index (Phi) is 12.3. The van der Waals surface area contributed by atoms with Crippen molar-refractivity contribution in [2.24, 2.45) is 0 Å². The lowest BCUT2D eigenvalue weighted by Gasteiger charge is -2.36. The van der Waals surface area contributed by atoms with Crippen molar-refractivity contribution < 1.29 is 37.9 Å². The van der Waals surface area contributed by atoms with Crippen LogP contribution in [0.4, 0.5) is 4.79 Å². The van der Waals surface area contributed by atoms with Gasteiger partial charge in [0.05, 0.1) is 17.2 Å². The molecule has 1 heterocycles. The molecule has 308 valence electrons. The second-order valence-corrected chi connectivity index (χ2v) is 22.2. The van der Waals surface area contributed by atoms with E-state index in [2.05, 4.69) is 56.6 Å². The summed E-state index contributed by atoms with van der Waals surface area (Å²) in [4.78, 5) is 67.8. The predicted octanol–water partition coefficient (Wildman–Crippen LogP) is 8.20. The molecule has 12 heteroatoms. The van der Waals surface area contributed by atoms with Crippen LogP contribution in [0.15, 0.2) is 109 Å². The highest BCUT2D eigenvalue weighted by atomic mass is 28.4. The quantitative estimate of drug-likeness (QED) is 0.0596. The smallest absolute Gasteiger partial charge is 0.407 e. The Morgan fingerprint density at radius 2 is 1.29 bits per heavy atom. The molecular formula is C47H53N3O8Si. The number of carbonyl (C=O) groups excluding carboxylic acids is 5. The van der Waals surface area contributed by atoms with Crippen LogP contribution in [0.3, 0.4) is 0 Å². The van der Waals surface area contributed by atoms with Gasteiger partial charge in [-0.3, -0.25) is 19.3 Å². The van der Waals surface area contributed by atoms with E-state index in [1.165, 1.54) is 18.2 Å². The minimum atomic E-state index is -2.07. The van der Waals surface area contributed by atoms with Crippen molar-refractivity contribution >= 4 is 38.1 Å². The van der Waals surface area contributed by atoms with E-state index in [9.17, 15) is 24.0 Å². The van der Waals surface area contributed by atoms with E-state index in [1.807, 2.05) is 60.7 Å². The van der Waals surface area contributed by atoms with Crippen LogP contribution >= 0.6 is 0 Å². The summed E-state index contributed by atoms with van der Waals surface area (Å²) in [6, 6.07) is 28.0. The topological polar surface area (TPSA) is 140 Å². The van der Waals surface area contributed by atoms with E-state index in [0.717, 1.165) is 38.5 Å². The molecule has 2 atom stereocenters. The highest BCUT2D eigenvalue weighted by molar-refractivity contribution is 6.74. The third-order valence-electron chi connectivity index (χ3n) is 11.0. The van der Waals surface area contributed by atoms with Crippen LogP contribution in [-0.2, 0) is 25.5 Å². The molecular weight excluding hydrogens is 763 g/mol. The number of esters is 1. The summed E-state index contributed by atoms with van der Waals surface area (Å²) >= 11 is 0. The molecule has 2 aliphatic rings. The van der Waals surface area contributed by atoms with Gasteiger partial charge in [0, 0.05) is 18.5 Å². The van der Waals surface area contributed by atoms with E-state index in [0.29, 0.717) is 6.42 Å². The largest absolute Gasteiger partial charge is 0.544 e. The minimum Gasteiger partial charge on any atom is -0.544 e. The Bertz CT molecular complexity index is 2190. The van der Waals surface area contributed by atoms with Gasteiger partial charge in [-0.2, -0.15) is 0 Å². The number of ether oxygens (including phenoxy) is 2. The van der Waals surface area contributed by atoms with E-state index in [-0.39, 0.29) is 28.7 Å². The first-order valence-electron chi connectivity index (χ1n) is 19.9. The summed E-state index contributed by atoms with van der Waals surface area (Å²) in [5.41, 5.74) is 4.67. The third-order valence-corrected chi connectivity index (χ3v) is 15.3. The number of carbonyl (C=O) groups is 5. The highest BCUT2D eigenvalue weighted by Gasteiger charge is 2.44. The fraction of sp³-hybridized carbons (Fsp3) is 0.340. The number of nitrogens with one attached hydrogen (secondary N) is 2. The molecule has 0 aromatic heterocycles. The van der Waals surface area contributed by atoms with Gasteiger partial charge in [-0.25, -0.2) is 9.59 Å². The first-order chi connectivity index (χ1) is 27.8. The average Bonchev–Trinajstić information content (AvgIpc) is 3.63. The normalized spacial score (nSPS) is 14.9. The van der Waals surface area contributed by atoms with Crippen molar-refractivity contribution in [3.63, 3.8) is 0 Å². The van der Waals surface area contributed by atoms with Crippen LogP contribution in [0.25, 0.3) is 11.1 Å². The van der Waals surface area contributed by atoms with E-state index in [4.69, 9.17) is 13.9 Å². The van der Waals surface area contributed by atoms with Crippen molar-refractivity contribution in [1.82, 2.24) is 15.5 Å². The SMILES string of the molecule is CC(C)(C)OC(=O)[C@H](CNC(=O)/C=C/[C@H](Cc1ccc(O[Si](C)(C)C(C)(C)C)cc1)NC(=O)OCC1c2ccccc2-c2ccccc21)N1C(=O)c2ccccc2C1=O. The molecule has 6 rings (SSSR count). The number of fused-ring (bicyclic) bond motifs is 4. The first kappa shape index (κ1) is 42.6. The lowest BCUT2D eigenvalue weighted by atomic mass is 9.98. The predicted molar refractivity (Wildman–Crippen MR) is 229 cm³/mol. The van der Waals surface area contributed by atoms with Crippen molar-refractivity contribution in [2.75, 3.05) is 13.2 Å². The molecule has 4 amide bonds. The molecule has 0 spiro atoms. The number of benzene rings is 4. The van der Waals surface area contributed by atoms with Gasteiger partial charge in [0.1, 0.15) is 18.0 Å². The van der Waals surface area contributed by atoms with Gasteiger partial charge >= 0.3 is 12.1 Å². The Balaban J connectivity index is 1.17. The van der Waals surface area contributed by atoms with E-state index >= 15 is 0 Å². The summed E-state index contributed by atoms with van der Waals surface area (Å²) in [6.45, 7) is 15.6. The zero-order valence-electron chi connectivity index (χ0n) is 35.0. The maximum atomic E-state index is 13.5. The fourth-order valence-electron chi connectivity index (χ4n) is 6.95. The van der Waals surface area contributed by atoms with Crippen LogP contribution in [0.5, 0.6) is 5.75 Å². The zero-order valence-corrected chi connectivity index (χ0v) is 36.0. The summed E-state index contributed by atoms with van der Waals surface area (Å²) in [7, 11) is -2.07. The van der Waals surface area contributed by atoms with Gasteiger partial charge in [0.2, 0.25) is 14.2 Å². The minimum absolute atomic E-state index is 0.0204. The van der Waals surface area contributed by atoms with Gasteiger partial charge in [-0.1, -0.05) is 99.6 Å². The Labute approximate surface area is 347 Å². The van der Waals surface area contributed by atoms with Crippen molar-refractivity contribution in [3.05, 3.63) is 137 Å². The second kappa shape index (κ2) is 17.1. The molecule has 1 aliphatic carbocycles. The lowest BCUT2D eigenvalue weighted by molar-refractivity contribution is -0.159. The van der Waals surface area contributed by atoms with E-state index in [1.54, 1.807) is 39.0 Å². The third kappa shape index (κ3) is 9.82. The van der Waals surface area contributed by atoms with Crippen LogP contribution in [-0.4, -0.2) is 73.8 Å². The molecule has 0 saturated carbocycles. The molecule has 59 heavy (non-hydrogen) atoms. The Morgan fingerprint density at radius 3 is 1.81 bits per heavy atom. The van der Waals surface area contributed by atoms with Crippen molar-refractivity contribution in [3.8, 4) is 16.9 Å². The molecule has 0 fully saturated rings. The number of rotatable bonds is 13. The maximum absolute atomic E-state index is 13.5. The molecule has 0 saturated heterocycles. The summed E-state index contributed by atoms with van der Waals surface area (Å²) in [5, 5.41) is 5.60. The molecule has 2 N–H and O–H groups in total. The van der Waals surface area contributed by atoms with Crippen LogP contribution in [0.2, 0.25) is 18.1 Å². The molecule has 4 aromatic rings. The molecule has 11 nitrogen and oxygen atoms in total. The van der Waals surface area contributed by atoms with Gasteiger partial charge in [-0.15, -0.1) is 0 Å². The number of alkyl carbamates (subject to hydrolysis) is 1. The summed E-state index contributed by atoms with van der Waals surface area (Å²) in [5.74, 6) is -2.14. The van der Waals surface area contributed by atoms with E-state index < -0.39 is 62.3 Å². The van der Waals surface area contributed by atoms with Gasteiger partial charge in [-0.05, 0) is 97.4 Å². The van der Waals surface area contributed by atoms with Crippen LogP contribution in [0.1, 0.15) is 84.9 Å². The number of amides is 4. The molecule has 0 radical (unpaired) electrons. The maximum Gasteiger partial charge on any atom is 0.407 e. The average molecular weight is 816 g/mol. The number of hydrogen-bond acceptors (Lipinski definition) is 8. The molecule has 0 bridgehead atoms. The van der Waals surface area contributed by atoms with Crippen molar-refractivity contribution in [2.45, 2.75) is 89.7 Å². The fourth-order valence-corrected chi connectivity index (χ4v) is 7.99. The van der Waals surface area contributed by atoms with Gasteiger partial charge in [0.25, 0.3) is 11.8 Å². The molecule has 1 aliphatic heterocycles.